The van der Waals surface area contributed by atoms with E-state index >= 15 is 0 Å². The second kappa shape index (κ2) is 5.36. The van der Waals surface area contributed by atoms with Gasteiger partial charge in [-0.3, -0.25) is 9.59 Å². The van der Waals surface area contributed by atoms with Gasteiger partial charge < -0.3 is 9.47 Å². The summed E-state index contributed by atoms with van der Waals surface area (Å²) < 4.78 is 9.28. The maximum Gasteiger partial charge on any atom is 0.347 e. The van der Waals surface area contributed by atoms with Crippen LogP contribution in [-0.4, -0.2) is 29.9 Å². The Balaban J connectivity index is 4.07. The summed E-state index contributed by atoms with van der Waals surface area (Å²) in [7, 11) is 0. The Labute approximate surface area is 82.4 Å². The summed E-state index contributed by atoms with van der Waals surface area (Å²) in [6.45, 7) is 5.35. The Kier molecular flexibility index (Phi) is 4.83. The van der Waals surface area contributed by atoms with Crippen LogP contribution in [0.3, 0.4) is 0 Å². The molecule has 14 heavy (non-hydrogen) atoms. The molecule has 0 rings (SSSR count). The Morgan fingerprint density at radius 3 is 1.79 bits per heavy atom. The minimum atomic E-state index is -0.978. The van der Waals surface area contributed by atoms with Gasteiger partial charge in [0, 0.05) is 6.92 Å². The zero-order chi connectivity index (χ0) is 11.3. The van der Waals surface area contributed by atoms with Crippen LogP contribution in [0, 0.1) is 0 Å². The minimum absolute atomic E-state index is 0.256. The number of ketones is 1. The fourth-order valence-electron chi connectivity index (χ4n) is 0.650. The van der Waals surface area contributed by atoms with Gasteiger partial charge in [-0.2, -0.15) is 0 Å². The Bertz CT molecular complexity index is 246. The van der Waals surface area contributed by atoms with E-state index in [1.54, 1.807) is 0 Å². The molecule has 0 aliphatic rings. The largest absolute Gasteiger partial charge is 0.452 e. The highest BCUT2D eigenvalue weighted by Gasteiger charge is 2.21. The van der Waals surface area contributed by atoms with E-state index < -0.39 is 24.1 Å². The highest BCUT2D eigenvalue weighted by molar-refractivity contribution is 5.84. The molecule has 0 N–H and O–H groups in total. The predicted octanol–water partition coefficient (Wildman–Crippen LogP) is 0.459. The smallest absolute Gasteiger partial charge is 0.347 e. The Hall–Kier alpha value is -1.39. The van der Waals surface area contributed by atoms with Gasteiger partial charge in [-0.05, 0) is 20.8 Å². The van der Waals surface area contributed by atoms with E-state index in [1.807, 2.05) is 0 Å². The lowest BCUT2D eigenvalue weighted by atomic mass is 10.3. The van der Waals surface area contributed by atoms with E-state index in [4.69, 9.17) is 4.74 Å². The number of hydrogen-bond donors (Lipinski definition) is 0. The molecule has 0 fully saturated rings. The molecule has 0 unspecified atom stereocenters. The van der Waals surface area contributed by atoms with Crippen LogP contribution in [-0.2, 0) is 23.9 Å². The standard InChI is InChI=1S/C9H14O5/c1-5(10)6(2)14-9(12)7(3)13-8(4)11/h6-7H,1-4H3/t6-,7-/m0/s1. The van der Waals surface area contributed by atoms with Gasteiger partial charge in [0.05, 0.1) is 0 Å². The van der Waals surface area contributed by atoms with Crippen molar-refractivity contribution in [2.24, 2.45) is 0 Å². The van der Waals surface area contributed by atoms with Crippen molar-refractivity contribution in [2.45, 2.75) is 39.9 Å². The normalized spacial score (nSPS) is 14.0. The van der Waals surface area contributed by atoms with Crippen LogP contribution in [0.4, 0.5) is 0 Å². The van der Waals surface area contributed by atoms with Crippen LogP contribution in [0.5, 0.6) is 0 Å². The van der Waals surface area contributed by atoms with Gasteiger partial charge in [0.25, 0.3) is 0 Å². The summed E-state index contributed by atoms with van der Waals surface area (Å²) in [6.07, 6.45) is -1.78. The maximum absolute atomic E-state index is 11.1. The molecule has 0 aliphatic heterocycles. The zero-order valence-corrected chi connectivity index (χ0v) is 8.70. The summed E-state index contributed by atoms with van der Waals surface area (Å²) in [5, 5.41) is 0. The van der Waals surface area contributed by atoms with Crippen molar-refractivity contribution in [1.82, 2.24) is 0 Å². The Morgan fingerprint density at radius 2 is 1.43 bits per heavy atom. The van der Waals surface area contributed by atoms with Crippen LogP contribution < -0.4 is 0 Å². The van der Waals surface area contributed by atoms with Crippen LogP contribution in [0.25, 0.3) is 0 Å². The van der Waals surface area contributed by atoms with Crippen molar-refractivity contribution in [3.8, 4) is 0 Å². The number of hydrogen-bond acceptors (Lipinski definition) is 5. The van der Waals surface area contributed by atoms with Gasteiger partial charge in [0.2, 0.25) is 0 Å². The SMILES string of the molecule is CC(=O)O[C@@H](C)C(=O)O[C@@H](C)C(C)=O. The fourth-order valence-corrected chi connectivity index (χ4v) is 0.650. The molecule has 0 aromatic rings. The third-order valence-corrected chi connectivity index (χ3v) is 1.54. The number of carbonyl (C=O) groups is 3. The van der Waals surface area contributed by atoms with E-state index in [-0.39, 0.29) is 5.78 Å². The van der Waals surface area contributed by atoms with Gasteiger partial charge in [0.1, 0.15) is 0 Å². The fraction of sp³-hybridized carbons (Fsp3) is 0.667. The first-order valence-electron chi connectivity index (χ1n) is 4.22. The van der Waals surface area contributed by atoms with Crippen molar-refractivity contribution in [3.05, 3.63) is 0 Å². The van der Waals surface area contributed by atoms with Crippen molar-refractivity contribution in [3.63, 3.8) is 0 Å². The lowest BCUT2D eigenvalue weighted by Crippen LogP contribution is -2.30. The first-order chi connectivity index (χ1) is 6.34. The lowest BCUT2D eigenvalue weighted by Gasteiger charge is -2.14. The first-order valence-corrected chi connectivity index (χ1v) is 4.22. The molecule has 0 aromatic heterocycles. The molecule has 0 radical (unpaired) electrons. The molecular weight excluding hydrogens is 188 g/mol. The van der Waals surface area contributed by atoms with E-state index in [9.17, 15) is 14.4 Å². The number of ether oxygens (including phenoxy) is 2. The molecule has 0 aliphatic carbocycles. The van der Waals surface area contributed by atoms with E-state index in [0.717, 1.165) is 0 Å². The predicted molar refractivity (Wildman–Crippen MR) is 47.5 cm³/mol. The molecule has 0 saturated heterocycles. The van der Waals surface area contributed by atoms with E-state index in [2.05, 4.69) is 4.74 Å². The Morgan fingerprint density at radius 1 is 0.929 bits per heavy atom. The highest BCUT2D eigenvalue weighted by Crippen LogP contribution is 2.00. The number of esters is 2. The second-order valence-electron chi connectivity index (χ2n) is 2.94. The average Bonchev–Trinajstić information content (AvgIpc) is 2.02. The van der Waals surface area contributed by atoms with Gasteiger partial charge in [-0.25, -0.2) is 4.79 Å². The molecule has 0 amide bonds. The first kappa shape index (κ1) is 12.6. The van der Waals surface area contributed by atoms with Crippen LogP contribution >= 0.6 is 0 Å². The summed E-state index contributed by atoms with van der Waals surface area (Å²) in [6, 6.07) is 0. The molecule has 5 heteroatoms. The lowest BCUT2D eigenvalue weighted by molar-refractivity contribution is -0.170. The topological polar surface area (TPSA) is 69.7 Å². The number of Topliss-reactive ketones (excluding diaryl/α,β-unsaturated/α-hetero) is 1. The molecular formula is C9H14O5. The third kappa shape index (κ3) is 4.59. The van der Waals surface area contributed by atoms with E-state index in [0.29, 0.717) is 0 Å². The van der Waals surface area contributed by atoms with Crippen molar-refractivity contribution in [1.29, 1.82) is 0 Å². The maximum atomic E-state index is 11.1. The monoisotopic (exact) mass is 202 g/mol. The summed E-state index contributed by atoms with van der Waals surface area (Å²) in [5.41, 5.74) is 0. The molecule has 0 saturated carbocycles. The van der Waals surface area contributed by atoms with Crippen LogP contribution in [0.1, 0.15) is 27.7 Å². The zero-order valence-electron chi connectivity index (χ0n) is 8.70. The molecule has 2 atom stereocenters. The molecule has 80 valence electrons. The minimum Gasteiger partial charge on any atom is -0.452 e. The molecule has 5 nitrogen and oxygen atoms in total. The number of rotatable bonds is 4. The van der Waals surface area contributed by atoms with Gasteiger partial charge in [-0.1, -0.05) is 0 Å². The quantitative estimate of drug-likeness (QED) is 0.619. The molecule has 0 aromatic carbocycles. The molecule has 0 spiro atoms. The summed E-state index contributed by atoms with van der Waals surface area (Å²) in [5.74, 6) is -1.54. The molecule has 0 bridgehead atoms. The molecule has 0 heterocycles. The highest BCUT2D eigenvalue weighted by atomic mass is 16.6. The van der Waals surface area contributed by atoms with E-state index in [1.165, 1.54) is 27.7 Å². The summed E-state index contributed by atoms with van der Waals surface area (Å²) >= 11 is 0. The van der Waals surface area contributed by atoms with Crippen LogP contribution in [0.2, 0.25) is 0 Å². The van der Waals surface area contributed by atoms with Crippen LogP contribution in [0.15, 0.2) is 0 Å². The van der Waals surface area contributed by atoms with Crippen molar-refractivity contribution in [2.75, 3.05) is 0 Å². The average molecular weight is 202 g/mol. The third-order valence-electron chi connectivity index (χ3n) is 1.54. The van der Waals surface area contributed by atoms with Gasteiger partial charge >= 0.3 is 11.9 Å². The number of carbonyl (C=O) groups excluding carboxylic acids is 3. The van der Waals surface area contributed by atoms with Gasteiger partial charge in [0.15, 0.2) is 18.0 Å². The van der Waals surface area contributed by atoms with Crippen molar-refractivity contribution >= 4 is 17.7 Å². The van der Waals surface area contributed by atoms with Crippen molar-refractivity contribution < 1.29 is 23.9 Å². The van der Waals surface area contributed by atoms with Gasteiger partial charge in [-0.15, -0.1) is 0 Å². The summed E-state index contributed by atoms with van der Waals surface area (Å²) in [4.78, 5) is 32.4. The second-order valence-corrected chi connectivity index (χ2v) is 2.94.